The fourth-order valence-corrected chi connectivity index (χ4v) is 3.91. The molecule has 0 saturated heterocycles. The first-order valence-corrected chi connectivity index (χ1v) is 10.7. The number of urea groups is 1. The molecule has 1 unspecified atom stereocenters. The zero-order chi connectivity index (χ0) is 22.5. The minimum absolute atomic E-state index is 0.303. The Bertz CT molecular complexity index is 1000. The SMILES string of the molecule is CCOc1c(Br)cc(C2NC(=O)NC(c3ccccc3)=C2C(=O)OC(C)C)cc1OC. The average molecular weight is 489 g/mol. The molecule has 7 nitrogen and oxygen atoms in total. The molecule has 0 aliphatic carbocycles. The lowest BCUT2D eigenvalue weighted by atomic mass is 9.92. The summed E-state index contributed by atoms with van der Waals surface area (Å²) in [6, 6.07) is 11.6. The van der Waals surface area contributed by atoms with Crippen LogP contribution in [0.15, 0.2) is 52.5 Å². The molecule has 0 bridgehead atoms. The van der Waals surface area contributed by atoms with Gasteiger partial charge in [0.05, 0.1) is 41.6 Å². The van der Waals surface area contributed by atoms with Gasteiger partial charge >= 0.3 is 12.0 Å². The van der Waals surface area contributed by atoms with Gasteiger partial charge in [-0.1, -0.05) is 30.3 Å². The van der Waals surface area contributed by atoms with Gasteiger partial charge in [-0.15, -0.1) is 0 Å². The van der Waals surface area contributed by atoms with Crippen molar-refractivity contribution >= 4 is 33.6 Å². The van der Waals surface area contributed by atoms with Gasteiger partial charge in [0.15, 0.2) is 11.5 Å². The van der Waals surface area contributed by atoms with Crippen LogP contribution in [-0.2, 0) is 9.53 Å². The maximum absolute atomic E-state index is 13.2. The van der Waals surface area contributed by atoms with E-state index in [1.54, 1.807) is 26.0 Å². The largest absolute Gasteiger partial charge is 0.493 e. The fraction of sp³-hybridized carbons (Fsp3) is 0.304. The smallest absolute Gasteiger partial charge is 0.338 e. The van der Waals surface area contributed by atoms with Crippen molar-refractivity contribution in [2.24, 2.45) is 0 Å². The molecule has 8 heteroatoms. The summed E-state index contributed by atoms with van der Waals surface area (Å²) in [6.07, 6.45) is -0.322. The topological polar surface area (TPSA) is 85.9 Å². The van der Waals surface area contributed by atoms with E-state index in [9.17, 15) is 9.59 Å². The summed E-state index contributed by atoms with van der Waals surface area (Å²) in [4.78, 5) is 25.7. The predicted octanol–water partition coefficient (Wildman–Crippen LogP) is 4.57. The number of hydrogen-bond acceptors (Lipinski definition) is 5. The predicted molar refractivity (Wildman–Crippen MR) is 121 cm³/mol. The van der Waals surface area contributed by atoms with Crippen LogP contribution in [0.3, 0.4) is 0 Å². The summed E-state index contributed by atoms with van der Waals surface area (Å²) < 4.78 is 17.3. The van der Waals surface area contributed by atoms with Gasteiger partial charge in [-0.2, -0.15) is 0 Å². The van der Waals surface area contributed by atoms with E-state index in [-0.39, 0.29) is 6.10 Å². The number of carbonyl (C=O) groups excluding carboxylic acids is 2. The Morgan fingerprint density at radius 2 is 1.90 bits per heavy atom. The van der Waals surface area contributed by atoms with Gasteiger partial charge in [-0.05, 0) is 60.0 Å². The third kappa shape index (κ3) is 5.02. The number of carbonyl (C=O) groups is 2. The second-order valence-electron chi connectivity index (χ2n) is 7.11. The Morgan fingerprint density at radius 3 is 2.52 bits per heavy atom. The number of amides is 2. The fourth-order valence-electron chi connectivity index (χ4n) is 3.34. The first-order chi connectivity index (χ1) is 14.8. The lowest BCUT2D eigenvalue weighted by Crippen LogP contribution is -2.45. The van der Waals surface area contributed by atoms with Gasteiger partial charge in [0.25, 0.3) is 0 Å². The highest BCUT2D eigenvalue weighted by Crippen LogP contribution is 2.41. The van der Waals surface area contributed by atoms with E-state index in [0.717, 1.165) is 0 Å². The second-order valence-corrected chi connectivity index (χ2v) is 7.96. The van der Waals surface area contributed by atoms with Gasteiger partial charge in [0, 0.05) is 0 Å². The number of hydrogen-bond donors (Lipinski definition) is 2. The van der Waals surface area contributed by atoms with E-state index in [1.807, 2.05) is 37.3 Å². The van der Waals surface area contributed by atoms with Crippen molar-refractivity contribution in [1.82, 2.24) is 10.6 Å². The molecule has 0 aromatic heterocycles. The van der Waals surface area contributed by atoms with Crippen LogP contribution in [0.4, 0.5) is 4.79 Å². The van der Waals surface area contributed by atoms with Crippen molar-refractivity contribution < 1.29 is 23.8 Å². The minimum atomic E-state index is -0.754. The summed E-state index contributed by atoms with van der Waals surface area (Å²) in [7, 11) is 1.54. The van der Waals surface area contributed by atoms with Crippen molar-refractivity contribution in [1.29, 1.82) is 0 Å². The number of rotatable bonds is 7. The summed E-state index contributed by atoms with van der Waals surface area (Å²) in [5.41, 5.74) is 2.06. The van der Waals surface area contributed by atoms with E-state index in [4.69, 9.17) is 14.2 Å². The molecular weight excluding hydrogens is 464 g/mol. The van der Waals surface area contributed by atoms with Crippen LogP contribution in [-0.4, -0.2) is 31.8 Å². The molecule has 2 aromatic rings. The molecule has 2 amide bonds. The normalized spacial score (nSPS) is 15.9. The monoisotopic (exact) mass is 488 g/mol. The summed E-state index contributed by atoms with van der Waals surface area (Å²) in [6.45, 7) is 5.89. The standard InChI is InChI=1S/C23H25BrN2O5/c1-5-30-21-16(24)11-15(12-17(21)29-4)20-18(22(27)31-13(2)3)19(25-23(28)26-20)14-9-7-6-8-10-14/h6-13,20H,5H2,1-4H3,(H2,25,26,28). The number of ether oxygens (including phenoxy) is 3. The molecule has 2 N–H and O–H groups in total. The van der Waals surface area contributed by atoms with Crippen LogP contribution >= 0.6 is 15.9 Å². The average Bonchev–Trinajstić information content (AvgIpc) is 2.74. The van der Waals surface area contributed by atoms with Crippen LogP contribution in [0.25, 0.3) is 5.70 Å². The minimum Gasteiger partial charge on any atom is -0.493 e. The van der Waals surface area contributed by atoms with Crippen LogP contribution in [0.5, 0.6) is 11.5 Å². The zero-order valence-corrected chi connectivity index (χ0v) is 19.4. The maximum Gasteiger partial charge on any atom is 0.338 e. The van der Waals surface area contributed by atoms with Crippen LogP contribution in [0, 0.1) is 0 Å². The Kier molecular flexibility index (Phi) is 7.22. The van der Waals surface area contributed by atoms with Crippen molar-refractivity contribution in [3.05, 3.63) is 63.6 Å². The molecule has 0 saturated carbocycles. The van der Waals surface area contributed by atoms with Crippen molar-refractivity contribution in [2.45, 2.75) is 32.9 Å². The third-order valence-electron chi connectivity index (χ3n) is 4.57. The third-order valence-corrected chi connectivity index (χ3v) is 5.16. The van der Waals surface area contributed by atoms with Crippen LogP contribution in [0.2, 0.25) is 0 Å². The Morgan fingerprint density at radius 1 is 1.19 bits per heavy atom. The van der Waals surface area contributed by atoms with E-state index >= 15 is 0 Å². The van der Waals surface area contributed by atoms with Crippen molar-refractivity contribution in [2.75, 3.05) is 13.7 Å². The first-order valence-electron chi connectivity index (χ1n) is 9.94. The molecule has 0 spiro atoms. The number of halogens is 1. The molecule has 2 aromatic carbocycles. The number of esters is 1. The molecule has 1 heterocycles. The lowest BCUT2D eigenvalue weighted by Gasteiger charge is -2.30. The summed E-state index contributed by atoms with van der Waals surface area (Å²) in [5.74, 6) is 0.514. The van der Waals surface area contributed by atoms with Crippen LogP contribution < -0.4 is 20.1 Å². The van der Waals surface area contributed by atoms with Gasteiger partial charge < -0.3 is 24.8 Å². The van der Waals surface area contributed by atoms with E-state index in [0.29, 0.717) is 45.0 Å². The van der Waals surface area contributed by atoms with Gasteiger partial charge in [0.1, 0.15) is 0 Å². The second kappa shape index (κ2) is 9.87. The molecule has 0 radical (unpaired) electrons. The Balaban J connectivity index is 2.20. The Labute approximate surface area is 189 Å². The van der Waals surface area contributed by atoms with Crippen LogP contribution in [0.1, 0.15) is 37.9 Å². The zero-order valence-electron chi connectivity index (χ0n) is 17.8. The Hall–Kier alpha value is -3.00. The molecule has 3 rings (SSSR count). The number of nitrogens with one attached hydrogen (secondary N) is 2. The van der Waals surface area contributed by atoms with E-state index in [1.165, 1.54) is 7.11 Å². The number of methoxy groups -OCH3 is 1. The lowest BCUT2D eigenvalue weighted by molar-refractivity contribution is -0.143. The number of benzene rings is 2. The molecule has 1 aliphatic heterocycles. The molecule has 1 aliphatic rings. The molecule has 164 valence electrons. The highest BCUT2D eigenvalue weighted by molar-refractivity contribution is 9.10. The van der Waals surface area contributed by atoms with Gasteiger partial charge in [0.2, 0.25) is 0 Å². The highest BCUT2D eigenvalue weighted by Gasteiger charge is 2.35. The first kappa shape index (κ1) is 22.7. The molecular formula is C23H25BrN2O5. The summed E-state index contributed by atoms with van der Waals surface area (Å²) in [5, 5.41) is 5.61. The van der Waals surface area contributed by atoms with E-state index < -0.39 is 18.0 Å². The molecule has 31 heavy (non-hydrogen) atoms. The molecule has 0 fully saturated rings. The summed E-state index contributed by atoms with van der Waals surface area (Å²) >= 11 is 3.51. The van der Waals surface area contributed by atoms with E-state index in [2.05, 4.69) is 26.6 Å². The van der Waals surface area contributed by atoms with Gasteiger partial charge in [-0.25, -0.2) is 9.59 Å². The van der Waals surface area contributed by atoms with Crippen molar-refractivity contribution in [3.63, 3.8) is 0 Å². The van der Waals surface area contributed by atoms with Crippen molar-refractivity contribution in [3.8, 4) is 11.5 Å². The molecule has 1 atom stereocenters. The maximum atomic E-state index is 13.2. The highest BCUT2D eigenvalue weighted by atomic mass is 79.9. The quantitative estimate of drug-likeness (QED) is 0.557. The van der Waals surface area contributed by atoms with Gasteiger partial charge in [-0.3, -0.25) is 0 Å².